The maximum Gasteiger partial charge on any atom is 0.126 e. The summed E-state index contributed by atoms with van der Waals surface area (Å²) in [6.07, 6.45) is 7.49. The summed E-state index contributed by atoms with van der Waals surface area (Å²) >= 11 is 0. The van der Waals surface area contributed by atoms with Gasteiger partial charge in [-0.05, 0) is 119 Å². The van der Waals surface area contributed by atoms with Crippen molar-refractivity contribution in [3.05, 3.63) is 172 Å². The monoisotopic (exact) mass is 642 g/mol. The van der Waals surface area contributed by atoms with Crippen LogP contribution >= 0.6 is 0 Å². The van der Waals surface area contributed by atoms with Crippen molar-refractivity contribution in [3.63, 3.8) is 0 Å². The zero-order valence-electron chi connectivity index (χ0n) is 26.8. The van der Waals surface area contributed by atoms with Crippen molar-refractivity contribution in [2.75, 3.05) is 21.3 Å². The van der Waals surface area contributed by atoms with Crippen LogP contribution in [0.3, 0.4) is 0 Å². The average Bonchev–Trinajstić information content (AvgIpc) is 3.28. The highest BCUT2D eigenvalue weighted by atomic mass is 19.1. The molecule has 0 radical (unpaired) electrons. The van der Waals surface area contributed by atoms with Crippen LogP contribution in [0, 0.1) is 17.5 Å². The van der Waals surface area contributed by atoms with E-state index in [1.807, 2.05) is 6.08 Å². The van der Waals surface area contributed by atoms with Crippen LogP contribution < -0.4 is 9.47 Å². The van der Waals surface area contributed by atoms with E-state index in [9.17, 15) is 13.2 Å². The van der Waals surface area contributed by atoms with Crippen LogP contribution in [0.25, 0.3) is 27.8 Å². The summed E-state index contributed by atoms with van der Waals surface area (Å²) in [5.74, 6) is 0.966. The predicted octanol–water partition coefficient (Wildman–Crippen LogP) is 10.2. The number of methoxy groups -OCH3 is 3. The van der Waals surface area contributed by atoms with E-state index in [1.165, 1.54) is 36.4 Å². The van der Waals surface area contributed by atoms with Gasteiger partial charge in [0.2, 0.25) is 0 Å². The Morgan fingerprint density at radius 2 is 1.04 bits per heavy atom. The number of hydrogen-bond donors (Lipinski definition) is 0. The summed E-state index contributed by atoms with van der Waals surface area (Å²) in [7, 11) is 4.92. The second kappa shape index (κ2) is 13.0. The van der Waals surface area contributed by atoms with Gasteiger partial charge >= 0.3 is 0 Å². The fraction of sp³-hybridized carbons (Fsp3) is 0.143. The van der Waals surface area contributed by atoms with Gasteiger partial charge in [-0.15, -0.1) is 0 Å². The molecule has 0 heterocycles. The molecule has 1 atom stereocenters. The van der Waals surface area contributed by atoms with E-state index in [1.54, 1.807) is 57.7 Å². The minimum atomic E-state index is -0.312. The lowest BCUT2D eigenvalue weighted by Gasteiger charge is -2.28. The molecule has 0 saturated carbocycles. The highest BCUT2D eigenvalue weighted by Crippen LogP contribution is 2.45. The SMILES string of the molecule is COC1=C(c2ccc(F)cc2)C=C2Cc3cc(OC)c(-c4ccc(F)cc4)cc3Cc3cc(OC)c(-c4ccc(F)cc4)cc3C2C=C1. The first-order valence-electron chi connectivity index (χ1n) is 15.7. The number of fused-ring (bicyclic) bond motifs is 4. The van der Waals surface area contributed by atoms with E-state index in [-0.39, 0.29) is 23.4 Å². The molecule has 240 valence electrons. The first kappa shape index (κ1) is 31.1. The molecule has 1 unspecified atom stereocenters. The summed E-state index contributed by atoms with van der Waals surface area (Å²) in [6, 6.07) is 27.7. The second-order valence-electron chi connectivity index (χ2n) is 12.0. The van der Waals surface area contributed by atoms with Gasteiger partial charge < -0.3 is 14.2 Å². The van der Waals surface area contributed by atoms with Crippen LogP contribution in [-0.4, -0.2) is 21.3 Å². The topological polar surface area (TPSA) is 27.7 Å². The van der Waals surface area contributed by atoms with Gasteiger partial charge in [-0.2, -0.15) is 0 Å². The fourth-order valence-electron chi connectivity index (χ4n) is 6.79. The molecule has 0 N–H and O–H groups in total. The molecule has 0 spiro atoms. The summed E-state index contributed by atoms with van der Waals surface area (Å²) in [5.41, 5.74) is 10.5. The third kappa shape index (κ3) is 5.90. The molecule has 7 rings (SSSR count). The Morgan fingerprint density at radius 3 is 1.58 bits per heavy atom. The summed E-state index contributed by atoms with van der Waals surface area (Å²) in [6.45, 7) is 0. The largest absolute Gasteiger partial charge is 0.496 e. The number of hydrogen-bond acceptors (Lipinski definition) is 3. The molecule has 5 aromatic carbocycles. The number of rotatable bonds is 6. The Bertz CT molecular complexity index is 2090. The van der Waals surface area contributed by atoms with Gasteiger partial charge in [-0.1, -0.05) is 54.1 Å². The number of benzene rings is 5. The minimum absolute atomic E-state index is 0.149. The zero-order chi connectivity index (χ0) is 33.4. The minimum Gasteiger partial charge on any atom is -0.496 e. The van der Waals surface area contributed by atoms with Crippen molar-refractivity contribution < 1.29 is 27.4 Å². The molecule has 48 heavy (non-hydrogen) atoms. The van der Waals surface area contributed by atoms with Gasteiger partial charge in [0.05, 0.1) is 21.3 Å². The predicted molar refractivity (Wildman–Crippen MR) is 184 cm³/mol. The molecule has 2 aliphatic carbocycles. The maximum atomic E-state index is 14.0. The number of allylic oxidation sites excluding steroid dienone is 5. The molecule has 6 heteroatoms. The second-order valence-corrected chi connectivity index (χ2v) is 12.0. The van der Waals surface area contributed by atoms with E-state index in [2.05, 4.69) is 36.4 Å². The molecule has 3 nitrogen and oxygen atoms in total. The summed E-state index contributed by atoms with van der Waals surface area (Å²) < 4.78 is 59.6. The lowest BCUT2D eigenvalue weighted by atomic mass is 9.77. The van der Waals surface area contributed by atoms with Crippen molar-refractivity contribution >= 4 is 5.57 Å². The Kier molecular flexibility index (Phi) is 8.40. The average molecular weight is 643 g/mol. The van der Waals surface area contributed by atoms with E-state index in [0.717, 1.165) is 61.2 Å². The van der Waals surface area contributed by atoms with Gasteiger partial charge in [0.15, 0.2) is 0 Å². The molecule has 0 aromatic heterocycles. The molecule has 2 aliphatic rings. The van der Waals surface area contributed by atoms with Crippen LogP contribution in [0.2, 0.25) is 0 Å². The molecular formula is C42H33F3O3. The third-order valence-corrected chi connectivity index (χ3v) is 9.21. The van der Waals surface area contributed by atoms with E-state index in [0.29, 0.717) is 30.1 Å². The molecule has 0 aliphatic heterocycles. The first-order chi connectivity index (χ1) is 23.3. The number of halogens is 3. The van der Waals surface area contributed by atoms with Crippen LogP contribution in [0.5, 0.6) is 11.5 Å². The van der Waals surface area contributed by atoms with Crippen LogP contribution in [-0.2, 0) is 17.6 Å². The third-order valence-electron chi connectivity index (χ3n) is 9.21. The Labute approximate surface area is 278 Å². The standard InChI is InChI=1S/C42H33F3O3/c1-46-40-17-16-35-30(21-37(40)25-4-10-32(43)11-5-25)19-29-22-41(47-2)38(26-6-12-33(44)13-7-26)20-28(29)18-31-23-42(48-3)39(24-36(31)35)27-8-14-34(45)15-9-27/h4-17,20-24,35H,18-19H2,1-3H3. The van der Waals surface area contributed by atoms with Gasteiger partial charge in [-0.25, -0.2) is 13.2 Å². The van der Waals surface area contributed by atoms with Gasteiger partial charge in [0, 0.05) is 22.6 Å². The lowest BCUT2D eigenvalue weighted by molar-refractivity contribution is 0.309. The number of ether oxygens (including phenoxy) is 3. The van der Waals surface area contributed by atoms with E-state index < -0.39 is 0 Å². The Morgan fingerprint density at radius 1 is 0.542 bits per heavy atom. The first-order valence-corrected chi connectivity index (χ1v) is 15.7. The maximum absolute atomic E-state index is 14.0. The highest BCUT2D eigenvalue weighted by molar-refractivity contribution is 5.81. The van der Waals surface area contributed by atoms with Crippen molar-refractivity contribution in [3.8, 4) is 33.8 Å². The summed E-state index contributed by atoms with van der Waals surface area (Å²) in [4.78, 5) is 0. The highest BCUT2D eigenvalue weighted by Gasteiger charge is 2.28. The van der Waals surface area contributed by atoms with E-state index in [4.69, 9.17) is 14.2 Å². The van der Waals surface area contributed by atoms with Crippen molar-refractivity contribution in [2.24, 2.45) is 0 Å². The summed E-state index contributed by atoms with van der Waals surface area (Å²) in [5, 5.41) is 0. The van der Waals surface area contributed by atoms with Crippen LogP contribution in [0.15, 0.2) is 127 Å². The van der Waals surface area contributed by atoms with Gasteiger partial charge in [0.1, 0.15) is 34.7 Å². The fourth-order valence-corrected chi connectivity index (χ4v) is 6.79. The van der Waals surface area contributed by atoms with Gasteiger partial charge in [-0.3, -0.25) is 0 Å². The van der Waals surface area contributed by atoms with Crippen molar-refractivity contribution in [1.82, 2.24) is 0 Å². The van der Waals surface area contributed by atoms with E-state index >= 15 is 0 Å². The zero-order valence-corrected chi connectivity index (χ0v) is 26.8. The van der Waals surface area contributed by atoms with Gasteiger partial charge in [0.25, 0.3) is 0 Å². The normalized spacial score (nSPS) is 15.3. The quantitative estimate of drug-likeness (QED) is 0.185. The Hall–Kier alpha value is -5.49. The molecule has 5 aromatic rings. The van der Waals surface area contributed by atoms with Crippen molar-refractivity contribution in [2.45, 2.75) is 18.8 Å². The van der Waals surface area contributed by atoms with Crippen LogP contribution in [0.4, 0.5) is 13.2 Å². The Balaban J connectivity index is 1.48. The molecule has 0 fully saturated rings. The molecule has 0 bridgehead atoms. The van der Waals surface area contributed by atoms with Crippen LogP contribution in [0.1, 0.15) is 33.7 Å². The molecular weight excluding hydrogens is 609 g/mol. The van der Waals surface area contributed by atoms with Crippen molar-refractivity contribution in [1.29, 1.82) is 0 Å². The molecule has 0 amide bonds. The molecule has 0 saturated heterocycles. The lowest BCUT2D eigenvalue weighted by Crippen LogP contribution is -2.13. The smallest absolute Gasteiger partial charge is 0.126 e.